The van der Waals surface area contributed by atoms with Gasteiger partial charge >= 0.3 is 5.69 Å². The van der Waals surface area contributed by atoms with Gasteiger partial charge in [-0.25, -0.2) is 14.3 Å². The highest BCUT2D eigenvalue weighted by Gasteiger charge is 2.34. The van der Waals surface area contributed by atoms with Crippen LogP contribution in [0.3, 0.4) is 0 Å². The molecule has 2 amide bonds. The number of pyridine rings is 1. The van der Waals surface area contributed by atoms with E-state index in [9.17, 15) is 14.4 Å². The van der Waals surface area contributed by atoms with Gasteiger partial charge in [-0.1, -0.05) is 11.6 Å². The van der Waals surface area contributed by atoms with Gasteiger partial charge in [0.25, 0.3) is 5.91 Å². The summed E-state index contributed by atoms with van der Waals surface area (Å²) in [4.78, 5) is 38.4. The molecular weight excluding hydrogens is 358 g/mol. The quantitative estimate of drug-likeness (QED) is 0.722. The highest BCUT2D eigenvalue weighted by atomic mass is 35.5. The molecule has 3 heterocycles. The SMILES string of the molecule is O=C(N[C@@H]1CCN(c2ccc(Cl)cc2)C1=O)c1cccn2c(=O)[nH]nc12. The van der Waals surface area contributed by atoms with Crippen LogP contribution in [0.2, 0.25) is 5.02 Å². The van der Waals surface area contributed by atoms with E-state index in [2.05, 4.69) is 15.5 Å². The molecule has 8 nitrogen and oxygen atoms in total. The topological polar surface area (TPSA) is 99.6 Å². The van der Waals surface area contributed by atoms with Gasteiger partial charge in [0.05, 0.1) is 5.56 Å². The molecule has 0 unspecified atom stereocenters. The maximum Gasteiger partial charge on any atom is 0.347 e. The van der Waals surface area contributed by atoms with E-state index in [0.717, 1.165) is 5.69 Å². The number of nitrogens with one attached hydrogen (secondary N) is 2. The molecule has 0 saturated carbocycles. The van der Waals surface area contributed by atoms with Gasteiger partial charge in [-0.2, -0.15) is 5.10 Å². The van der Waals surface area contributed by atoms with E-state index >= 15 is 0 Å². The van der Waals surface area contributed by atoms with Crippen LogP contribution >= 0.6 is 11.6 Å². The average Bonchev–Trinajstić information content (AvgIpc) is 3.19. The van der Waals surface area contributed by atoms with E-state index in [-0.39, 0.29) is 17.1 Å². The van der Waals surface area contributed by atoms with Crippen LogP contribution in [0.5, 0.6) is 0 Å². The Morgan fingerprint density at radius 1 is 1.23 bits per heavy atom. The molecule has 1 aliphatic rings. The van der Waals surface area contributed by atoms with Gasteiger partial charge in [-0.05, 0) is 42.8 Å². The fraction of sp³-hybridized carbons (Fsp3) is 0.176. The predicted octanol–water partition coefficient (Wildman–Crippen LogP) is 1.21. The van der Waals surface area contributed by atoms with E-state index in [0.29, 0.717) is 18.0 Å². The molecule has 132 valence electrons. The highest BCUT2D eigenvalue weighted by Crippen LogP contribution is 2.23. The fourth-order valence-corrected chi connectivity index (χ4v) is 3.16. The van der Waals surface area contributed by atoms with Crippen LogP contribution in [0.4, 0.5) is 5.69 Å². The number of aromatic nitrogens is 3. The number of anilines is 1. The third-order valence-corrected chi connectivity index (χ3v) is 4.59. The van der Waals surface area contributed by atoms with Crippen LogP contribution in [0.15, 0.2) is 47.4 Å². The van der Waals surface area contributed by atoms with Gasteiger partial charge in [0, 0.05) is 23.5 Å². The lowest BCUT2D eigenvalue weighted by Gasteiger charge is -2.17. The summed E-state index contributed by atoms with van der Waals surface area (Å²) < 4.78 is 1.24. The highest BCUT2D eigenvalue weighted by molar-refractivity contribution is 6.30. The monoisotopic (exact) mass is 371 g/mol. The zero-order valence-electron chi connectivity index (χ0n) is 13.5. The van der Waals surface area contributed by atoms with E-state index in [1.165, 1.54) is 10.6 Å². The second-order valence-corrected chi connectivity index (χ2v) is 6.36. The standard InChI is InChI=1S/C17H14ClN5O3/c18-10-3-5-11(6-4-10)22-9-7-13(16(22)25)19-15(24)12-2-1-8-23-14(12)20-21-17(23)26/h1-6,8,13H,7,9H2,(H,19,24)(H,21,26)/t13-/m1/s1. The number of H-pyrrole nitrogens is 1. The molecule has 3 aromatic rings. The Morgan fingerprint density at radius 3 is 2.77 bits per heavy atom. The number of nitrogens with zero attached hydrogens (tertiary/aromatic N) is 3. The molecule has 0 spiro atoms. The minimum absolute atomic E-state index is 0.188. The lowest BCUT2D eigenvalue weighted by atomic mass is 10.2. The van der Waals surface area contributed by atoms with Crippen molar-refractivity contribution >= 4 is 34.7 Å². The summed E-state index contributed by atoms with van der Waals surface area (Å²) in [5.74, 6) is -0.641. The maximum atomic E-state index is 12.6. The van der Waals surface area contributed by atoms with Crippen molar-refractivity contribution in [2.75, 3.05) is 11.4 Å². The molecule has 1 saturated heterocycles. The van der Waals surface area contributed by atoms with Crippen LogP contribution in [0.25, 0.3) is 5.65 Å². The fourth-order valence-electron chi connectivity index (χ4n) is 3.04. The van der Waals surface area contributed by atoms with Crippen LogP contribution < -0.4 is 15.9 Å². The number of benzene rings is 1. The van der Waals surface area contributed by atoms with E-state index in [4.69, 9.17) is 11.6 Å². The molecular formula is C17H14ClN5O3. The van der Waals surface area contributed by atoms with Crippen LogP contribution in [0, 0.1) is 0 Å². The Morgan fingerprint density at radius 2 is 2.00 bits per heavy atom. The largest absolute Gasteiger partial charge is 0.347 e. The van der Waals surface area contributed by atoms with Gasteiger partial charge in [0.2, 0.25) is 5.91 Å². The van der Waals surface area contributed by atoms with Gasteiger partial charge in [-0.15, -0.1) is 0 Å². The van der Waals surface area contributed by atoms with Crippen LogP contribution in [-0.4, -0.2) is 39.0 Å². The Hall–Kier alpha value is -3.13. The molecule has 0 aliphatic carbocycles. The van der Waals surface area contributed by atoms with Crippen LogP contribution in [-0.2, 0) is 4.79 Å². The first-order chi connectivity index (χ1) is 12.5. The third-order valence-electron chi connectivity index (χ3n) is 4.34. The number of carbonyl (C=O) groups is 2. The van der Waals surface area contributed by atoms with Crippen molar-refractivity contribution in [3.8, 4) is 0 Å². The summed E-state index contributed by atoms with van der Waals surface area (Å²) in [5, 5.41) is 9.48. The maximum absolute atomic E-state index is 12.6. The predicted molar refractivity (Wildman–Crippen MR) is 95.5 cm³/mol. The Balaban J connectivity index is 1.54. The Bertz CT molecular complexity index is 1060. The first kappa shape index (κ1) is 16.3. The lowest BCUT2D eigenvalue weighted by Crippen LogP contribution is -2.41. The number of aromatic amines is 1. The number of carbonyl (C=O) groups excluding carboxylic acids is 2. The number of fused-ring (bicyclic) bond motifs is 1. The molecule has 1 atom stereocenters. The molecule has 1 aromatic carbocycles. The number of hydrogen-bond acceptors (Lipinski definition) is 4. The molecule has 0 radical (unpaired) electrons. The van der Waals surface area contributed by atoms with E-state index in [1.807, 2.05) is 0 Å². The summed E-state index contributed by atoms with van der Waals surface area (Å²) in [6, 6.07) is 9.46. The van der Waals surface area contributed by atoms with Crippen molar-refractivity contribution < 1.29 is 9.59 Å². The van der Waals surface area contributed by atoms with Crippen molar-refractivity contribution in [3.63, 3.8) is 0 Å². The number of hydrogen-bond donors (Lipinski definition) is 2. The summed E-state index contributed by atoms with van der Waals surface area (Å²) >= 11 is 5.88. The minimum Gasteiger partial charge on any atom is -0.340 e. The first-order valence-corrected chi connectivity index (χ1v) is 8.36. The minimum atomic E-state index is -0.635. The van der Waals surface area contributed by atoms with Crippen molar-refractivity contribution in [2.24, 2.45) is 0 Å². The van der Waals surface area contributed by atoms with Gasteiger partial charge in [0.1, 0.15) is 6.04 Å². The molecule has 2 aromatic heterocycles. The smallest absolute Gasteiger partial charge is 0.340 e. The van der Waals surface area contributed by atoms with Gasteiger partial charge in [0.15, 0.2) is 5.65 Å². The summed E-state index contributed by atoms with van der Waals surface area (Å²) in [6.45, 7) is 0.497. The zero-order chi connectivity index (χ0) is 18.3. The second-order valence-electron chi connectivity index (χ2n) is 5.93. The summed E-state index contributed by atoms with van der Waals surface area (Å²) in [5.41, 5.74) is 0.746. The Labute approximate surface area is 152 Å². The third kappa shape index (κ3) is 2.74. The second kappa shape index (κ2) is 6.30. The lowest BCUT2D eigenvalue weighted by molar-refractivity contribution is -0.118. The molecule has 1 aliphatic heterocycles. The zero-order valence-corrected chi connectivity index (χ0v) is 14.2. The molecule has 9 heteroatoms. The van der Waals surface area contributed by atoms with Crippen molar-refractivity contribution in [1.29, 1.82) is 0 Å². The van der Waals surface area contributed by atoms with Crippen molar-refractivity contribution in [3.05, 3.63) is 63.7 Å². The van der Waals surface area contributed by atoms with E-state index in [1.54, 1.807) is 41.3 Å². The van der Waals surface area contributed by atoms with Gasteiger partial charge in [-0.3, -0.25) is 9.59 Å². The number of halogens is 1. The number of rotatable bonds is 3. The van der Waals surface area contributed by atoms with Gasteiger partial charge < -0.3 is 10.2 Å². The van der Waals surface area contributed by atoms with Crippen molar-refractivity contribution in [1.82, 2.24) is 19.9 Å². The van der Waals surface area contributed by atoms with E-state index < -0.39 is 17.6 Å². The van der Waals surface area contributed by atoms with Crippen LogP contribution in [0.1, 0.15) is 16.8 Å². The average molecular weight is 372 g/mol. The molecule has 2 N–H and O–H groups in total. The van der Waals surface area contributed by atoms with Crippen molar-refractivity contribution in [2.45, 2.75) is 12.5 Å². The molecule has 26 heavy (non-hydrogen) atoms. The number of amides is 2. The first-order valence-electron chi connectivity index (χ1n) is 7.98. The normalized spacial score (nSPS) is 17.0. The Kier molecular flexibility index (Phi) is 3.96. The molecule has 1 fully saturated rings. The molecule has 0 bridgehead atoms. The summed E-state index contributed by atoms with van der Waals surface area (Å²) in [7, 11) is 0. The summed E-state index contributed by atoms with van der Waals surface area (Å²) in [6.07, 6.45) is 2.00. The molecule has 4 rings (SSSR count).